The Hall–Kier alpha value is -0.770. The van der Waals surface area contributed by atoms with Gasteiger partial charge in [0.25, 0.3) is 0 Å². The van der Waals surface area contributed by atoms with Crippen molar-refractivity contribution >= 4 is 5.96 Å². The monoisotopic (exact) mass is 322 g/mol. The lowest BCUT2D eigenvalue weighted by Gasteiger charge is -2.36. The van der Waals surface area contributed by atoms with Gasteiger partial charge in [0.1, 0.15) is 0 Å². The van der Waals surface area contributed by atoms with Crippen molar-refractivity contribution in [2.75, 3.05) is 26.7 Å². The van der Waals surface area contributed by atoms with Crippen LogP contribution < -0.4 is 10.6 Å². The molecule has 2 fully saturated rings. The summed E-state index contributed by atoms with van der Waals surface area (Å²) in [5, 5.41) is 7.11. The molecule has 1 saturated heterocycles. The molecule has 134 valence electrons. The highest BCUT2D eigenvalue weighted by Gasteiger charge is 2.27. The van der Waals surface area contributed by atoms with Gasteiger partial charge < -0.3 is 15.5 Å². The minimum Gasteiger partial charge on any atom is -0.356 e. The zero-order valence-corrected chi connectivity index (χ0v) is 15.6. The van der Waals surface area contributed by atoms with Crippen molar-refractivity contribution in [3.05, 3.63) is 0 Å². The summed E-state index contributed by atoms with van der Waals surface area (Å²) < 4.78 is 0. The maximum Gasteiger partial charge on any atom is 0.191 e. The highest BCUT2D eigenvalue weighted by Crippen LogP contribution is 2.26. The number of aliphatic imine (C=N–C) groups is 1. The largest absolute Gasteiger partial charge is 0.356 e. The average molecular weight is 323 g/mol. The zero-order chi connectivity index (χ0) is 16.5. The molecule has 1 aliphatic carbocycles. The predicted octanol–water partition coefficient (Wildman–Crippen LogP) is 3.38. The first-order chi connectivity index (χ1) is 11.2. The second kappa shape index (κ2) is 10.2. The molecule has 0 radical (unpaired) electrons. The van der Waals surface area contributed by atoms with Crippen molar-refractivity contribution in [3.8, 4) is 0 Å². The summed E-state index contributed by atoms with van der Waals surface area (Å²) in [7, 11) is 1.89. The van der Waals surface area contributed by atoms with Crippen LogP contribution in [0, 0.1) is 5.92 Å². The fourth-order valence-corrected chi connectivity index (χ4v) is 3.95. The van der Waals surface area contributed by atoms with E-state index in [1.807, 2.05) is 7.05 Å². The number of guanidine groups is 1. The van der Waals surface area contributed by atoms with Crippen LogP contribution in [0.25, 0.3) is 0 Å². The molecule has 1 saturated carbocycles. The molecule has 0 atom stereocenters. The van der Waals surface area contributed by atoms with E-state index in [0.717, 1.165) is 24.5 Å². The van der Waals surface area contributed by atoms with Gasteiger partial charge in [-0.25, -0.2) is 0 Å². The lowest BCUT2D eigenvalue weighted by molar-refractivity contribution is 0.150. The van der Waals surface area contributed by atoms with E-state index in [9.17, 15) is 0 Å². The van der Waals surface area contributed by atoms with Crippen LogP contribution in [0.4, 0.5) is 0 Å². The lowest BCUT2D eigenvalue weighted by Crippen LogP contribution is -2.50. The van der Waals surface area contributed by atoms with Crippen molar-refractivity contribution in [1.29, 1.82) is 0 Å². The quantitative estimate of drug-likeness (QED) is 0.429. The van der Waals surface area contributed by atoms with Gasteiger partial charge >= 0.3 is 0 Å². The maximum absolute atomic E-state index is 4.39. The molecule has 0 aromatic rings. The highest BCUT2D eigenvalue weighted by molar-refractivity contribution is 5.79. The first kappa shape index (κ1) is 18.6. The van der Waals surface area contributed by atoms with Crippen molar-refractivity contribution in [3.63, 3.8) is 0 Å². The Balaban J connectivity index is 1.59. The number of nitrogens with one attached hydrogen (secondary N) is 2. The number of unbranched alkanes of at least 4 members (excludes halogenated alkanes) is 1. The Labute approximate surface area is 143 Å². The van der Waals surface area contributed by atoms with E-state index < -0.39 is 0 Å². The van der Waals surface area contributed by atoms with Gasteiger partial charge in [0.05, 0.1) is 0 Å². The SMILES string of the molecule is CN=C(NCCCCC(C)C)NC1CCN(C2CCCC2)CC1. The van der Waals surface area contributed by atoms with Gasteiger partial charge in [0.15, 0.2) is 5.96 Å². The molecule has 0 aromatic heterocycles. The van der Waals surface area contributed by atoms with E-state index in [4.69, 9.17) is 0 Å². The normalized spacial score (nSPS) is 22.0. The second-order valence-corrected chi connectivity index (χ2v) is 7.78. The molecule has 2 N–H and O–H groups in total. The number of hydrogen-bond donors (Lipinski definition) is 2. The molecule has 23 heavy (non-hydrogen) atoms. The van der Waals surface area contributed by atoms with Crippen LogP contribution in [0.2, 0.25) is 0 Å². The zero-order valence-electron chi connectivity index (χ0n) is 15.6. The number of piperidine rings is 1. The Morgan fingerprint density at radius 3 is 2.39 bits per heavy atom. The molecule has 1 heterocycles. The summed E-state index contributed by atoms with van der Waals surface area (Å²) >= 11 is 0. The molecule has 4 heteroatoms. The van der Waals surface area contributed by atoms with Crippen LogP contribution in [-0.4, -0.2) is 49.6 Å². The van der Waals surface area contributed by atoms with E-state index in [2.05, 4.69) is 34.4 Å². The van der Waals surface area contributed by atoms with Crippen LogP contribution in [-0.2, 0) is 0 Å². The van der Waals surface area contributed by atoms with Gasteiger partial charge in [-0.05, 0) is 38.0 Å². The molecule has 2 rings (SSSR count). The first-order valence-electron chi connectivity index (χ1n) is 9.90. The van der Waals surface area contributed by atoms with Crippen LogP contribution in [0.1, 0.15) is 71.6 Å². The van der Waals surface area contributed by atoms with E-state index in [1.54, 1.807) is 0 Å². The van der Waals surface area contributed by atoms with E-state index in [1.165, 1.54) is 70.9 Å². The predicted molar refractivity (Wildman–Crippen MR) is 100 cm³/mol. The second-order valence-electron chi connectivity index (χ2n) is 7.78. The fourth-order valence-electron chi connectivity index (χ4n) is 3.95. The number of nitrogens with zero attached hydrogens (tertiary/aromatic N) is 2. The Morgan fingerprint density at radius 1 is 1.09 bits per heavy atom. The molecular weight excluding hydrogens is 284 g/mol. The molecule has 0 unspecified atom stereocenters. The van der Waals surface area contributed by atoms with Gasteiger partial charge in [-0.1, -0.05) is 39.5 Å². The first-order valence-corrected chi connectivity index (χ1v) is 9.90. The smallest absolute Gasteiger partial charge is 0.191 e. The van der Waals surface area contributed by atoms with Crippen molar-refractivity contribution in [2.45, 2.75) is 83.7 Å². The van der Waals surface area contributed by atoms with Crippen molar-refractivity contribution in [1.82, 2.24) is 15.5 Å². The minimum absolute atomic E-state index is 0.592. The number of rotatable bonds is 7. The molecule has 0 spiro atoms. The van der Waals surface area contributed by atoms with Gasteiger partial charge in [0, 0.05) is 38.8 Å². The Morgan fingerprint density at radius 2 is 1.78 bits per heavy atom. The van der Waals surface area contributed by atoms with Crippen LogP contribution in [0.5, 0.6) is 0 Å². The van der Waals surface area contributed by atoms with E-state index in [0.29, 0.717) is 6.04 Å². The summed E-state index contributed by atoms with van der Waals surface area (Å²) in [5.41, 5.74) is 0. The summed E-state index contributed by atoms with van der Waals surface area (Å²) in [4.78, 5) is 7.12. The van der Waals surface area contributed by atoms with E-state index >= 15 is 0 Å². The van der Waals surface area contributed by atoms with Crippen molar-refractivity contribution < 1.29 is 0 Å². The third-order valence-electron chi connectivity index (χ3n) is 5.44. The van der Waals surface area contributed by atoms with Crippen molar-refractivity contribution in [2.24, 2.45) is 10.9 Å². The summed E-state index contributed by atoms with van der Waals surface area (Å²) in [6, 6.07) is 1.48. The molecule has 4 nitrogen and oxygen atoms in total. The maximum atomic E-state index is 4.39. The molecule has 0 amide bonds. The molecule has 2 aliphatic rings. The molecule has 0 bridgehead atoms. The molecular formula is C19H38N4. The average Bonchev–Trinajstić information content (AvgIpc) is 3.08. The summed E-state index contributed by atoms with van der Waals surface area (Å²) in [6.45, 7) is 8.15. The van der Waals surface area contributed by atoms with Crippen LogP contribution in [0.15, 0.2) is 4.99 Å². The summed E-state index contributed by atoms with van der Waals surface area (Å²) in [5.74, 6) is 1.81. The Bertz CT molecular complexity index is 339. The lowest BCUT2D eigenvalue weighted by atomic mass is 10.0. The fraction of sp³-hybridized carbons (Fsp3) is 0.947. The van der Waals surface area contributed by atoms with E-state index in [-0.39, 0.29) is 0 Å². The van der Waals surface area contributed by atoms with Gasteiger partial charge in [0.2, 0.25) is 0 Å². The van der Waals surface area contributed by atoms with Crippen LogP contribution in [0.3, 0.4) is 0 Å². The third kappa shape index (κ3) is 6.70. The molecule has 0 aromatic carbocycles. The highest BCUT2D eigenvalue weighted by atomic mass is 15.2. The number of hydrogen-bond acceptors (Lipinski definition) is 2. The van der Waals surface area contributed by atoms with Crippen LogP contribution >= 0.6 is 0 Å². The van der Waals surface area contributed by atoms with Gasteiger partial charge in [-0.3, -0.25) is 4.99 Å². The third-order valence-corrected chi connectivity index (χ3v) is 5.44. The number of likely N-dealkylation sites (tertiary alicyclic amines) is 1. The Kier molecular flexibility index (Phi) is 8.21. The molecule has 1 aliphatic heterocycles. The minimum atomic E-state index is 0.592. The summed E-state index contributed by atoms with van der Waals surface area (Å²) in [6.07, 6.45) is 12.1. The van der Waals surface area contributed by atoms with Gasteiger partial charge in [-0.2, -0.15) is 0 Å². The van der Waals surface area contributed by atoms with Gasteiger partial charge in [-0.15, -0.1) is 0 Å². The standard InChI is InChI=1S/C19H38N4/c1-16(2)8-6-7-13-21-19(20-3)22-17-11-14-23(15-12-17)18-9-4-5-10-18/h16-18H,4-15H2,1-3H3,(H2,20,21,22). The topological polar surface area (TPSA) is 39.7 Å².